The van der Waals surface area contributed by atoms with Crippen LogP contribution in [-0.2, 0) is 5.41 Å². The zero-order valence-electron chi connectivity index (χ0n) is 9.52. The van der Waals surface area contributed by atoms with Crippen molar-refractivity contribution in [3.8, 4) is 0 Å². The van der Waals surface area contributed by atoms with Crippen LogP contribution in [0.4, 0.5) is 5.69 Å². The van der Waals surface area contributed by atoms with Gasteiger partial charge in [-0.3, -0.25) is 5.84 Å². The highest BCUT2D eigenvalue weighted by molar-refractivity contribution is 14.1. The lowest BCUT2D eigenvalue weighted by Crippen LogP contribution is -2.18. The van der Waals surface area contributed by atoms with Crippen LogP contribution in [0.3, 0.4) is 0 Å². The van der Waals surface area contributed by atoms with Crippen LogP contribution < -0.4 is 11.3 Å². The molecular weight excluding hydrogens is 322 g/mol. The van der Waals surface area contributed by atoms with Gasteiger partial charge in [0.05, 0.1) is 5.69 Å². The largest absolute Gasteiger partial charge is 0.324 e. The summed E-state index contributed by atoms with van der Waals surface area (Å²) in [5.74, 6) is 5.51. The summed E-state index contributed by atoms with van der Waals surface area (Å²) in [7, 11) is 0. The van der Waals surface area contributed by atoms with Crippen molar-refractivity contribution in [1.82, 2.24) is 0 Å². The average Bonchev–Trinajstić information content (AvgIpc) is 2.07. The molecule has 2 nitrogen and oxygen atoms in total. The van der Waals surface area contributed by atoms with E-state index in [4.69, 9.17) is 5.84 Å². The topological polar surface area (TPSA) is 38.0 Å². The van der Waals surface area contributed by atoms with Gasteiger partial charge >= 0.3 is 0 Å². The van der Waals surface area contributed by atoms with Gasteiger partial charge in [-0.05, 0) is 58.2 Å². The summed E-state index contributed by atoms with van der Waals surface area (Å²) >= 11 is 2.35. The maximum atomic E-state index is 5.51. The molecule has 0 saturated heterocycles. The first-order valence-corrected chi connectivity index (χ1v) is 5.71. The van der Waals surface area contributed by atoms with Crippen LogP contribution in [0.2, 0.25) is 0 Å². The molecule has 1 rings (SSSR count). The second kappa shape index (κ2) is 5.37. The van der Waals surface area contributed by atoms with Crippen molar-refractivity contribution in [3.63, 3.8) is 0 Å². The number of hydrogen-bond donors (Lipinski definition) is 2. The molecule has 0 unspecified atom stereocenters. The smallest absolute Gasteiger partial charge is 0.0525 e. The number of halogens is 2. The van der Waals surface area contributed by atoms with Crippen LogP contribution >= 0.6 is 35.0 Å². The van der Waals surface area contributed by atoms with Crippen molar-refractivity contribution < 1.29 is 0 Å². The molecule has 4 heteroatoms. The molecular formula is C11H18ClIN2. The maximum Gasteiger partial charge on any atom is 0.0525 e. The van der Waals surface area contributed by atoms with E-state index in [9.17, 15) is 0 Å². The molecule has 3 N–H and O–H groups in total. The van der Waals surface area contributed by atoms with E-state index in [-0.39, 0.29) is 17.8 Å². The number of benzene rings is 1. The zero-order chi connectivity index (χ0) is 10.9. The molecule has 1 aromatic rings. The first-order chi connectivity index (χ1) is 6.36. The third-order valence-electron chi connectivity index (χ3n) is 2.26. The van der Waals surface area contributed by atoms with Crippen molar-refractivity contribution in [2.45, 2.75) is 33.1 Å². The van der Waals surface area contributed by atoms with E-state index < -0.39 is 0 Å². The normalized spacial score (nSPS) is 10.8. The lowest BCUT2D eigenvalue weighted by atomic mass is 9.85. The number of nitrogen functional groups attached to an aromatic ring is 1. The third kappa shape index (κ3) is 3.50. The SMILES string of the molecule is Cc1cc(NN)c(C(C)(C)C)cc1I.Cl. The van der Waals surface area contributed by atoms with E-state index in [2.05, 4.69) is 67.8 Å². The van der Waals surface area contributed by atoms with E-state index >= 15 is 0 Å². The Kier molecular flexibility index (Phi) is 5.37. The van der Waals surface area contributed by atoms with Crippen LogP contribution in [0.5, 0.6) is 0 Å². The van der Waals surface area contributed by atoms with Crippen LogP contribution in [0, 0.1) is 10.5 Å². The van der Waals surface area contributed by atoms with E-state index in [1.54, 1.807) is 0 Å². The summed E-state index contributed by atoms with van der Waals surface area (Å²) in [5.41, 5.74) is 6.43. The molecule has 86 valence electrons. The molecule has 0 radical (unpaired) electrons. The fraction of sp³-hybridized carbons (Fsp3) is 0.455. The van der Waals surface area contributed by atoms with Crippen molar-refractivity contribution in [1.29, 1.82) is 0 Å². The van der Waals surface area contributed by atoms with Gasteiger partial charge in [-0.25, -0.2) is 0 Å². The van der Waals surface area contributed by atoms with E-state index in [0.29, 0.717) is 0 Å². The van der Waals surface area contributed by atoms with Gasteiger partial charge in [-0.15, -0.1) is 12.4 Å². The first kappa shape index (κ1) is 15.0. The highest BCUT2D eigenvalue weighted by Gasteiger charge is 2.18. The minimum Gasteiger partial charge on any atom is -0.324 e. The molecule has 0 aromatic heterocycles. The van der Waals surface area contributed by atoms with E-state index in [1.165, 1.54) is 14.7 Å². The summed E-state index contributed by atoms with van der Waals surface area (Å²) in [5, 5.41) is 0. The molecule has 0 amide bonds. The molecule has 0 fully saturated rings. The molecule has 0 aliphatic carbocycles. The highest BCUT2D eigenvalue weighted by atomic mass is 127. The lowest BCUT2D eigenvalue weighted by Gasteiger charge is -2.23. The summed E-state index contributed by atoms with van der Waals surface area (Å²) in [4.78, 5) is 0. The number of anilines is 1. The lowest BCUT2D eigenvalue weighted by molar-refractivity contribution is 0.591. The van der Waals surface area contributed by atoms with E-state index in [1.807, 2.05) is 0 Å². The minimum absolute atomic E-state index is 0. The number of nitrogens with one attached hydrogen (secondary N) is 1. The molecule has 0 saturated carbocycles. The molecule has 1 aromatic carbocycles. The minimum atomic E-state index is 0. The Labute approximate surface area is 112 Å². The Balaban J connectivity index is 0.00000196. The van der Waals surface area contributed by atoms with Crippen molar-refractivity contribution >= 4 is 40.7 Å². The summed E-state index contributed by atoms with van der Waals surface area (Å²) in [6.45, 7) is 8.66. The number of aryl methyl sites for hydroxylation is 1. The van der Waals surface area contributed by atoms with Crippen LogP contribution in [0.1, 0.15) is 31.9 Å². The quantitative estimate of drug-likeness (QED) is 0.466. The Bertz CT molecular complexity index is 345. The van der Waals surface area contributed by atoms with Crippen molar-refractivity contribution in [2.24, 2.45) is 5.84 Å². The Morgan fingerprint density at radius 2 is 1.80 bits per heavy atom. The van der Waals surface area contributed by atoms with Gasteiger partial charge < -0.3 is 5.43 Å². The number of hydrogen-bond acceptors (Lipinski definition) is 2. The summed E-state index contributed by atoms with van der Waals surface area (Å²) in [6, 6.07) is 4.30. The van der Waals surface area contributed by atoms with Crippen LogP contribution in [0.25, 0.3) is 0 Å². The molecule has 0 aliphatic heterocycles. The predicted octanol–water partition coefficient (Wildman–Crippen LogP) is 3.60. The molecule has 0 spiro atoms. The monoisotopic (exact) mass is 340 g/mol. The van der Waals surface area contributed by atoms with Gasteiger partial charge in [0.15, 0.2) is 0 Å². The van der Waals surface area contributed by atoms with Crippen molar-refractivity contribution in [3.05, 3.63) is 26.8 Å². The van der Waals surface area contributed by atoms with Gasteiger partial charge in [0.25, 0.3) is 0 Å². The van der Waals surface area contributed by atoms with Gasteiger partial charge in [-0.2, -0.15) is 0 Å². The maximum absolute atomic E-state index is 5.51. The van der Waals surface area contributed by atoms with Gasteiger partial charge in [0.2, 0.25) is 0 Å². The standard InChI is InChI=1S/C11H17IN2.ClH/c1-7-5-10(14-13)8(6-9(7)12)11(2,3)4;/h5-6,14H,13H2,1-4H3;1H. The molecule has 0 atom stereocenters. The summed E-state index contributed by atoms with van der Waals surface area (Å²) in [6.07, 6.45) is 0. The van der Waals surface area contributed by atoms with Gasteiger partial charge in [-0.1, -0.05) is 20.8 Å². The average molecular weight is 341 g/mol. The predicted molar refractivity (Wildman–Crippen MR) is 77.7 cm³/mol. The zero-order valence-corrected chi connectivity index (χ0v) is 12.5. The summed E-state index contributed by atoms with van der Waals surface area (Å²) < 4.78 is 1.28. The number of rotatable bonds is 1. The van der Waals surface area contributed by atoms with Crippen molar-refractivity contribution in [2.75, 3.05) is 5.43 Å². The van der Waals surface area contributed by atoms with Crippen LogP contribution in [-0.4, -0.2) is 0 Å². The van der Waals surface area contributed by atoms with Crippen LogP contribution in [0.15, 0.2) is 12.1 Å². The second-order valence-electron chi connectivity index (χ2n) is 4.54. The molecule has 0 heterocycles. The Morgan fingerprint density at radius 1 is 1.27 bits per heavy atom. The number of hydrazine groups is 1. The molecule has 0 aliphatic rings. The van der Waals surface area contributed by atoms with E-state index in [0.717, 1.165) is 5.69 Å². The third-order valence-corrected chi connectivity index (χ3v) is 3.42. The first-order valence-electron chi connectivity index (χ1n) is 4.63. The molecule has 0 bridgehead atoms. The van der Waals surface area contributed by atoms with Gasteiger partial charge in [0.1, 0.15) is 0 Å². The molecule has 15 heavy (non-hydrogen) atoms. The highest BCUT2D eigenvalue weighted by Crippen LogP contribution is 2.31. The Morgan fingerprint density at radius 3 is 2.20 bits per heavy atom. The van der Waals surface area contributed by atoms with Gasteiger partial charge in [0, 0.05) is 3.57 Å². The number of nitrogens with two attached hydrogens (primary N) is 1. The fourth-order valence-corrected chi connectivity index (χ4v) is 1.89. The second-order valence-corrected chi connectivity index (χ2v) is 5.70. The fourth-order valence-electron chi connectivity index (χ4n) is 1.42. The Hall–Kier alpha value is -0.0000000000000000555.